The zero-order valence-corrected chi connectivity index (χ0v) is 11.6. The van der Waals surface area contributed by atoms with Crippen molar-refractivity contribution in [2.75, 3.05) is 0 Å². The predicted octanol–water partition coefficient (Wildman–Crippen LogP) is 5.09. The van der Waals surface area contributed by atoms with Gasteiger partial charge in [0.2, 0.25) is 0 Å². The predicted molar refractivity (Wildman–Crippen MR) is 68.7 cm³/mol. The molecule has 0 aliphatic heterocycles. The van der Waals surface area contributed by atoms with Gasteiger partial charge in [0.15, 0.2) is 0 Å². The molecule has 0 amide bonds. The second-order valence-electron chi connectivity index (χ2n) is 6.73. The average Bonchev–Trinajstić information content (AvgIpc) is 2.15. The fourth-order valence-electron chi connectivity index (χ4n) is 3.05. The van der Waals surface area contributed by atoms with Crippen LogP contribution in [0, 0.1) is 29.1 Å². The summed E-state index contributed by atoms with van der Waals surface area (Å²) < 4.78 is 0. The normalized spacial score (nSPS) is 28.8. The molecule has 0 bridgehead atoms. The minimum absolute atomic E-state index is 0.398. The smallest absolute Gasteiger partial charge is 0.0185 e. The maximum Gasteiger partial charge on any atom is -0.0185 e. The molecule has 2 unspecified atom stereocenters. The monoisotopic (exact) mass is 209 g/mol. The summed E-state index contributed by atoms with van der Waals surface area (Å²) in [6.45, 7) is 14.3. The molecule has 0 nitrogen and oxygen atoms in total. The van der Waals surface area contributed by atoms with Gasteiger partial charge in [-0.1, -0.05) is 54.4 Å². The van der Waals surface area contributed by atoms with Crippen LogP contribution in [0.15, 0.2) is 0 Å². The molecule has 89 valence electrons. The van der Waals surface area contributed by atoms with Gasteiger partial charge in [0.25, 0.3) is 0 Å². The van der Waals surface area contributed by atoms with Crippen molar-refractivity contribution in [2.45, 2.75) is 67.2 Å². The first-order valence-electron chi connectivity index (χ1n) is 6.68. The van der Waals surface area contributed by atoms with E-state index in [-0.39, 0.29) is 0 Å². The van der Waals surface area contributed by atoms with Crippen LogP contribution in [0.1, 0.15) is 67.2 Å². The van der Waals surface area contributed by atoms with Crippen LogP contribution >= 0.6 is 0 Å². The highest BCUT2D eigenvalue weighted by Gasteiger charge is 2.36. The van der Waals surface area contributed by atoms with Crippen molar-refractivity contribution in [2.24, 2.45) is 23.2 Å². The summed E-state index contributed by atoms with van der Waals surface area (Å²) in [6, 6.07) is 0. The van der Waals surface area contributed by atoms with E-state index in [1.807, 2.05) is 0 Å². The first-order valence-corrected chi connectivity index (χ1v) is 6.68. The summed E-state index contributed by atoms with van der Waals surface area (Å²) >= 11 is 0. The zero-order valence-electron chi connectivity index (χ0n) is 11.6. The molecule has 0 aromatic rings. The SMILES string of the molecule is C[C](C1CCCCC1C(C)C)C(C)(C)C. The van der Waals surface area contributed by atoms with E-state index in [2.05, 4.69) is 41.5 Å². The van der Waals surface area contributed by atoms with Gasteiger partial charge in [0.1, 0.15) is 0 Å². The van der Waals surface area contributed by atoms with Crippen LogP contribution in [0.2, 0.25) is 0 Å². The molecule has 1 aliphatic carbocycles. The Morgan fingerprint density at radius 2 is 1.60 bits per heavy atom. The molecule has 0 spiro atoms. The van der Waals surface area contributed by atoms with Gasteiger partial charge in [-0.05, 0) is 41.9 Å². The Balaban J connectivity index is 2.72. The Labute approximate surface area is 96.8 Å². The quantitative estimate of drug-likeness (QED) is 0.594. The van der Waals surface area contributed by atoms with Crippen molar-refractivity contribution < 1.29 is 0 Å². The van der Waals surface area contributed by atoms with Crippen LogP contribution in [-0.4, -0.2) is 0 Å². The molecule has 0 aromatic carbocycles. The molecule has 0 heteroatoms. The van der Waals surface area contributed by atoms with Crippen molar-refractivity contribution in [1.82, 2.24) is 0 Å². The fraction of sp³-hybridized carbons (Fsp3) is 0.933. The third-order valence-corrected chi connectivity index (χ3v) is 4.41. The van der Waals surface area contributed by atoms with Crippen molar-refractivity contribution in [3.05, 3.63) is 5.92 Å². The summed E-state index contributed by atoms with van der Waals surface area (Å²) in [6.07, 6.45) is 5.79. The van der Waals surface area contributed by atoms with E-state index in [4.69, 9.17) is 0 Å². The van der Waals surface area contributed by atoms with Crippen molar-refractivity contribution in [1.29, 1.82) is 0 Å². The number of hydrogen-bond donors (Lipinski definition) is 0. The lowest BCUT2D eigenvalue weighted by atomic mass is 9.62. The number of hydrogen-bond acceptors (Lipinski definition) is 0. The van der Waals surface area contributed by atoms with Gasteiger partial charge in [-0.2, -0.15) is 0 Å². The van der Waals surface area contributed by atoms with Gasteiger partial charge in [0, 0.05) is 0 Å². The van der Waals surface area contributed by atoms with Crippen LogP contribution in [0.3, 0.4) is 0 Å². The zero-order chi connectivity index (χ0) is 11.6. The highest BCUT2D eigenvalue weighted by atomic mass is 14.4. The molecule has 0 heterocycles. The molecule has 1 rings (SSSR count). The molecular weight excluding hydrogens is 180 g/mol. The third kappa shape index (κ3) is 3.23. The molecule has 1 radical (unpaired) electrons. The molecule has 1 fully saturated rings. The average molecular weight is 209 g/mol. The van der Waals surface area contributed by atoms with E-state index in [1.165, 1.54) is 25.7 Å². The Bertz CT molecular complexity index is 183. The Morgan fingerprint density at radius 1 is 1.07 bits per heavy atom. The van der Waals surface area contributed by atoms with Gasteiger partial charge in [-0.15, -0.1) is 0 Å². The van der Waals surface area contributed by atoms with Gasteiger partial charge < -0.3 is 0 Å². The lowest BCUT2D eigenvalue weighted by molar-refractivity contribution is 0.158. The van der Waals surface area contributed by atoms with Crippen LogP contribution in [0.25, 0.3) is 0 Å². The summed E-state index contributed by atoms with van der Waals surface area (Å²) in [5.74, 6) is 4.42. The van der Waals surface area contributed by atoms with E-state index in [0.717, 1.165) is 17.8 Å². The first kappa shape index (κ1) is 13.1. The van der Waals surface area contributed by atoms with Gasteiger partial charge >= 0.3 is 0 Å². The Kier molecular flexibility index (Phi) is 4.26. The molecular formula is C15H29. The second kappa shape index (κ2) is 4.89. The Hall–Kier alpha value is 0. The summed E-state index contributed by atoms with van der Waals surface area (Å²) in [7, 11) is 0. The fourth-order valence-corrected chi connectivity index (χ4v) is 3.05. The molecule has 0 N–H and O–H groups in total. The third-order valence-electron chi connectivity index (χ3n) is 4.41. The minimum Gasteiger partial charge on any atom is -0.0625 e. The summed E-state index contributed by atoms with van der Waals surface area (Å²) in [5.41, 5.74) is 0.398. The largest absolute Gasteiger partial charge is 0.0625 e. The van der Waals surface area contributed by atoms with E-state index in [9.17, 15) is 0 Å². The molecule has 2 atom stereocenters. The van der Waals surface area contributed by atoms with Gasteiger partial charge in [-0.3, -0.25) is 0 Å². The van der Waals surface area contributed by atoms with E-state index >= 15 is 0 Å². The summed E-state index contributed by atoms with van der Waals surface area (Å²) in [4.78, 5) is 0. The van der Waals surface area contributed by atoms with Crippen LogP contribution < -0.4 is 0 Å². The van der Waals surface area contributed by atoms with Crippen LogP contribution in [-0.2, 0) is 0 Å². The molecule has 1 aliphatic rings. The topological polar surface area (TPSA) is 0 Å². The van der Waals surface area contributed by atoms with Crippen molar-refractivity contribution >= 4 is 0 Å². The first-order chi connectivity index (χ1) is 6.84. The highest BCUT2D eigenvalue weighted by molar-refractivity contribution is 5.05. The van der Waals surface area contributed by atoms with Crippen LogP contribution in [0.4, 0.5) is 0 Å². The highest BCUT2D eigenvalue weighted by Crippen LogP contribution is 2.46. The standard InChI is InChI=1S/C15H29/c1-11(2)13-9-7-8-10-14(13)12(3)15(4,5)6/h11,13-14H,7-10H2,1-6H3. The van der Waals surface area contributed by atoms with Crippen LogP contribution in [0.5, 0.6) is 0 Å². The minimum atomic E-state index is 0.398. The summed E-state index contributed by atoms with van der Waals surface area (Å²) in [5, 5.41) is 0. The molecule has 1 saturated carbocycles. The molecule has 15 heavy (non-hydrogen) atoms. The molecule has 0 aromatic heterocycles. The lowest BCUT2D eigenvalue weighted by Gasteiger charge is -2.43. The lowest BCUT2D eigenvalue weighted by Crippen LogP contribution is -2.33. The maximum absolute atomic E-state index is 2.40. The van der Waals surface area contributed by atoms with E-state index < -0.39 is 0 Å². The van der Waals surface area contributed by atoms with Crippen molar-refractivity contribution in [3.8, 4) is 0 Å². The molecule has 0 saturated heterocycles. The second-order valence-corrected chi connectivity index (χ2v) is 6.73. The maximum atomic E-state index is 2.40. The van der Waals surface area contributed by atoms with Gasteiger partial charge in [0.05, 0.1) is 0 Å². The van der Waals surface area contributed by atoms with Crippen molar-refractivity contribution in [3.63, 3.8) is 0 Å². The Morgan fingerprint density at radius 3 is 2.07 bits per heavy atom. The van der Waals surface area contributed by atoms with E-state index in [1.54, 1.807) is 5.92 Å². The number of rotatable bonds is 2. The van der Waals surface area contributed by atoms with Gasteiger partial charge in [-0.25, -0.2) is 0 Å². The van der Waals surface area contributed by atoms with E-state index in [0.29, 0.717) is 5.41 Å².